The van der Waals surface area contributed by atoms with E-state index in [0.717, 1.165) is 50.1 Å². The third kappa shape index (κ3) is 4.73. The fraction of sp³-hybridized carbons (Fsp3) is 0.261. The summed E-state index contributed by atoms with van der Waals surface area (Å²) >= 11 is 12.9. The van der Waals surface area contributed by atoms with E-state index >= 15 is 0 Å². The molecule has 2 aromatic carbocycles. The van der Waals surface area contributed by atoms with Crippen molar-refractivity contribution in [3.05, 3.63) is 75.3 Å². The summed E-state index contributed by atoms with van der Waals surface area (Å²) in [5.41, 5.74) is 5.66. The second kappa shape index (κ2) is 9.14. The highest BCUT2D eigenvalue weighted by atomic mass is 35.5. The highest BCUT2D eigenvalue weighted by molar-refractivity contribution is 6.33. The maximum absolute atomic E-state index is 12.7. The molecule has 0 unspecified atom stereocenters. The lowest BCUT2D eigenvalue weighted by Crippen LogP contribution is -2.20. The first-order valence-electron chi connectivity index (χ1n) is 9.82. The topological polar surface area (TPSA) is 53.2 Å². The van der Waals surface area contributed by atoms with E-state index in [4.69, 9.17) is 23.2 Å². The van der Waals surface area contributed by atoms with Gasteiger partial charge in [0.25, 0.3) is 5.91 Å². The smallest absolute Gasteiger partial charge is 0.255 e. The Bertz CT molecular complexity index is 998. The number of amides is 1. The molecule has 2 aliphatic rings. The molecule has 2 aliphatic heterocycles. The summed E-state index contributed by atoms with van der Waals surface area (Å²) in [5.74, 6) is -0.206. The van der Waals surface area contributed by atoms with Crippen molar-refractivity contribution in [1.29, 1.82) is 0 Å². The Morgan fingerprint density at radius 2 is 1.41 bits per heavy atom. The van der Waals surface area contributed by atoms with Crippen LogP contribution >= 0.6 is 23.2 Å². The molecular weight excluding hydrogens is 405 g/mol. The van der Waals surface area contributed by atoms with Crippen molar-refractivity contribution in [1.82, 2.24) is 10.6 Å². The van der Waals surface area contributed by atoms with Crippen LogP contribution in [-0.2, 0) is 0 Å². The van der Waals surface area contributed by atoms with Gasteiger partial charge < -0.3 is 16.0 Å². The number of rotatable bonds is 4. The van der Waals surface area contributed by atoms with Crippen LogP contribution in [0.3, 0.4) is 0 Å². The van der Waals surface area contributed by atoms with E-state index in [0.29, 0.717) is 21.3 Å². The van der Waals surface area contributed by atoms with Crippen LogP contribution < -0.4 is 16.0 Å². The van der Waals surface area contributed by atoms with E-state index < -0.39 is 0 Å². The summed E-state index contributed by atoms with van der Waals surface area (Å²) < 4.78 is 0. The van der Waals surface area contributed by atoms with Gasteiger partial charge in [-0.15, -0.1) is 0 Å². The van der Waals surface area contributed by atoms with Crippen molar-refractivity contribution in [2.75, 3.05) is 31.5 Å². The molecule has 0 atom stereocenters. The molecule has 2 aromatic rings. The number of anilines is 1. The van der Waals surface area contributed by atoms with Gasteiger partial charge in [0, 0.05) is 29.4 Å². The Balaban J connectivity index is 1.49. The molecule has 0 saturated carbocycles. The fourth-order valence-electron chi connectivity index (χ4n) is 3.71. The SMILES string of the molecule is O=C(Nc1ccc(C2=CCNCC2)c(Cl)c1)c1ccc(C2=CCNCC2)c(Cl)c1. The molecule has 0 aliphatic carbocycles. The third-order valence-electron chi connectivity index (χ3n) is 5.28. The molecule has 150 valence electrons. The standard InChI is InChI=1S/C23H23Cl2N3O/c24-21-13-17(1-3-19(21)15-5-9-26-10-6-15)23(29)28-18-2-4-20(22(25)14-18)16-7-11-27-12-8-16/h1-5,7,13-14,26-27H,6,8-12H2,(H,28,29). The molecule has 0 spiro atoms. The Hall–Kier alpha value is -2.11. The zero-order chi connectivity index (χ0) is 20.2. The molecule has 29 heavy (non-hydrogen) atoms. The summed E-state index contributed by atoms with van der Waals surface area (Å²) in [6, 6.07) is 11.1. The Kier molecular flexibility index (Phi) is 6.36. The lowest BCUT2D eigenvalue weighted by molar-refractivity contribution is 0.102. The van der Waals surface area contributed by atoms with E-state index in [1.165, 1.54) is 11.1 Å². The van der Waals surface area contributed by atoms with Crippen LogP contribution in [0.25, 0.3) is 11.1 Å². The normalized spacial score (nSPS) is 16.8. The van der Waals surface area contributed by atoms with E-state index in [9.17, 15) is 4.79 Å². The maximum atomic E-state index is 12.7. The molecular formula is C23H23Cl2N3O. The first-order chi connectivity index (χ1) is 14.1. The van der Waals surface area contributed by atoms with Crippen molar-refractivity contribution >= 4 is 45.9 Å². The maximum Gasteiger partial charge on any atom is 0.255 e. The largest absolute Gasteiger partial charge is 0.322 e. The zero-order valence-electron chi connectivity index (χ0n) is 16.0. The molecule has 0 fully saturated rings. The van der Waals surface area contributed by atoms with Crippen molar-refractivity contribution in [2.24, 2.45) is 0 Å². The summed E-state index contributed by atoms with van der Waals surface area (Å²) in [5, 5.41) is 10.7. The fourth-order valence-corrected chi connectivity index (χ4v) is 4.31. The van der Waals surface area contributed by atoms with Gasteiger partial charge in [-0.25, -0.2) is 0 Å². The molecule has 4 rings (SSSR count). The average molecular weight is 428 g/mol. The molecule has 4 nitrogen and oxygen atoms in total. The predicted octanol–water partition coefficient (Wildman–Crippen LogP) is 5.00. The second-order valence-corrected chi connectivity index (χ2v) is 8.02. The number of hydrogen-bond donors (Lipinski definition) is 3. The summed E-state index contributed by atoms with van der Waals surface area (Å²) in [6.07, 6.45) is 6.18. The molecule has 6 heteroatoms. The van der Waals surface area contributed by atoms with Gasteiger partial charge in [0.05, 0.1) is 5.02 Å². The first-order valence-corrected chi connectivity index (χ1v) is 10.6. The van der Waals surface area contributed by atoms with Gasteiger partial charge in [-0.2, -0.15) is 0 Å². The zero-order valence-corrected chi connectivity index (χ0v) is 17.5. The highest BCUT2D eigenvalue weighted by Crippen LogP contribution is 2.31. The van der Waals surface area contributed by atoms with Crippen LogP contribution in [0.2, 0.25) is 10.0 Å². The van der Waals surface area contributed by atoms with Gasteiger partial charge in [-0.1, -0.05) is 47.5 Å². The highest BCUT2D eigenvalue weighted by Gasteiger charge is 2.14. The van der Waals surface area contributed by atoms with Crippen molar-refractivity contribution < 1.29 is 4.79 Å². The second-order valence-electron chi connectivity index (χ2n) is 7.21. The molecule has 0 aromatic heterocycles. The number of halogens is 2. The van der Waals surface area contributed by atoms with E-state index in [1.807, 2.05) is 24.3 Å². The van der Waals surface area contributed by atoms with Gasteiger partial charge in [0.2, 0.25) is 0 Å². The molecule has 0 bridgehead atoms. The van der Waals surface area contributed by atoms with Crippen molar-refractivity contribution in [3.8, 4) is 0 Å². The molecule has 2 heterocycles. The van der Waals surface area contributed by atoms with Gasteiger partial charge in [-0.05, 0) is 72.5 Å². The van der Waals surface area contributed by atoms with Crippen LogP contribution in [0.15, 0.2) is 48.6 Å². The summed E-state index contributed by atoms with van der Waals surface area (Å²) in [4.78, 5) is 12.7. The summed E-state index contributed by atoms with van der Waals surface area (Å²) in [7, 11) is 0. The van der Waals surface area contributed by atoms with Crippen LogP contribution in [0.5, 0.6) is 0 Å². The third-order valence-corrected chi connectivity index (χ3v) is 5.90. The van der Waals surface area contributed by atoms with E-state index in [1.54, 1.807) is 12.1 Å². The molecule has 3 N–H and O–H groups in total. The van der Waals surface area contributed by atoms with Gasteiger partial charge in [-0.3, -0.25) is 4.79 Å². The van der Waals surface area contributed by atoms with Gasteiger partial charge in [0.1, 0.15) is 0 Å². The van der Waals surface area contributed by atoms with Crippen LogP contribution in [0, 0.1) is 0 Å². The van der Waals surface area contributed by atoms with E-state index in [-0.39, 0.29) is 5.91 Å². The van der Waals surface area contributed by atoms with Crippen molar-refractivity contribution in [3.63, 3.8) is 0 Å². The number of hydrogen-bond acceptors (Lipinski definition) is 3. The van der Waals surface area contributed by atoms with E-state index in [2.05, 4.69) is 28.1 Å². The Morgan fingerprint density at radius 3 is 1.93 bits per heavy atom. The molecule has 1 amide bonds. The monoisotopic (exact) mass is 427 g/mol. The minimum absolute atomic E-state index is 0.206. The number of carbonyl (C=O) groups is 1. The van der Waals surface area contributed by atoms with Gasteiger partial charge in [0.15, 0.2) is 0 Å². The van der Waals surface area contributed by atoms with Crippen molar-refractivity contribution in [2.45, 2.75) is 12.8 Å². The lowest BCUT2D eigenvalue weighted by Gasteiger charge is -2.17. The number of nitrogens with one attached hydrogen (secondary N) is 3. The van der Waals surface area contributed by atoms with Crippen LogP contribution in [0.4, 0.5) is 5.69 Å². The molecule has 0 saturated heterocycles. The van der Waals surface area contributed by atoms with Crippen LogP contribution in [0.1, 0.15) is 34.3 Å². The van der Waals surface area contributed by atoms with Gasteiger partial charge >= 0.3 is 0 Å². The number of benzene rings is 2. The quantitative estimate of drug-likeness (QED) is 0.643. The molecule has 0 radical (unpaired) electrons. The Morgan fingerprint density at radius 1 is 0.828 bits per heavy atom. The lowest BCUT2D eigenvalue weighted by atomic mass is 9.98. The minimum Gasteiger partial charge on any atom is -0.322 e. The minimum atomic E-state index is -0.206. The summed E-state index contributed by atoms with van der Waals surface area (Å²) in [6.45, 7) is 3.59. The predicted molar refractivity (Wildman–Crippen MR) is 122 cm³/mol. The van der Waals surface area contributed by atoms with Crippen LogP contribution in [-0.4, -0.2) is 32.1 Å². The Labute approximate surface area is 181 Å². The number of carbonyl (C=O) groups excluding carboxylic acids is 1. The average Bonchev–Trinajstić information content (AvgIpc) is 2.75. The first kappa shape index (κ1) is 20.2.